The van der Waals surface area contributed by atoms with E-state index in [2.05, 4.69) is 10.3 Å². The first-order chi connectivity index (χ1) is 8.20. The van der Waals surface area contributed by atoms with Crippen molar-refractivity contribution in [3.05, 3.63) is 12.1 Å². The van der Waals surface area contributed by atoms with Gasteiger partial charge < -0.3 is 20.9 Å². The SMILES string of the molecule is CCOc1nc(NCC(O)C2CC2)ccc1N. The van der Waals surface area contributed by atoms with Crippen LogP contribution in [-0.4, -0.2) is 29.3 Å². The maximum atomic E-state index is 9.73. The quantitative estimate of drug-likeness (QED) is 0.693. The van der Waals surface area contributed by atoms with Gasteiger partial charge in [0.25, 0.3) is 0 Å². The molecule has 1 aliphatic rings. The number of nitrogens with two attached hydrogens (primary N) is 1. The molecule has 0 spiro atoms. The Labute approximate surface area is 101 Å². The van der Waals surface area contributed by atoms with E-state index in [1.807, 2.05) is 6.92 Å². The van der Waals surface area contributed by atoms with E-state index < -0.39 is 0 Å². The van der Waals surface area contributed by atoms with Crippen molar-refractivity contribution in [3.63, 3.8) is 0 Å². The minimum Gasteiger partial charge on any atom is -0.476 e. The summed E-state index contributed by atoms with van der Waals surface area (Å²) in [4.78, 5) is 4.24. The van der Waals surface area contributed by atoms with Crippen molar-refractivity contribution in [1.29, 1.82) is 0 Å². The molecule has 0 aliphatic heterocycles. The van der Waals surface area contributed by atoms with Gasteiger partial charge in [0.1, 0.15) is 5.82 Å². The van der Waals surface area contributed by atoms with E-state index in [9.17, 15) is 5.11 Å². The Morgan fingerprint density at radius 3 is 3.00 bits per heavy atom. The highest BCUT2D eigenvalue weighted by molar-refractivity contribution is 5.53. The monoisotopic (exact) mass is 237 g/mol. The number of ether oxygens (including phenoxy) is 1. The van der Waals surface area contributed by atoms with Crippen LogP contribution in [0.25, 0.3) is 0 Å². The first kappa shape index (κ1) is 12.0. The summed E-state index contributed by atoms with van der Waals surface area (Å²) in [6.45, 7) is 2.94. The number of pyridine rings is 1. The lowest BCUT2D eigenvalue weighted by Gasteiger charge is -2.12. The molecule has 17 heavy (non-hydrogen) atoms. The van der Waals surface area contributed by atoms with E-state index in [-0.39, 0.29) is 6.10 Å². The summed E-state index contributed by atoms with van der Waals surface area (Å²) in [6, 6.07) is 3.54. The zero-order valence-electron chi connectivity index (χ0n) is 10.0. The zero-order chi connectivity index (χ0) is 12.3. The fourth-order valence-corrected chi connectivity index (χ4v) is 1.66. The van der Waals surface area contributed by atoms with Crippen LogP contribution in [0.5, 0.6) is 5.88 Å². The molecule has 5 nitrogen and oxygen atoms in total. The van der Waals surface area contributed by atoms with Crippen LogP contribution in [0.4, 0.5) is 11.5 Å². The second-order valence-corrected chi connectivity index (χ2v) is 4.31. The van der Waals surface area contributed by atoms with Crippen LogP contribution in [0.2, 0.25) is 0 Å². The summed E-state index contributed by atoms with van der Waals surface area (Å²) in [5.41, 5.74) is 6.25. The minimum absolute atomic E-state index is 0.287. The van der Waals surface area contributed by atoms with Gasteiger partial charge in [-0.15, -0.1) is 0 Å². The Hall–Kier alpha value is -1.49. The lowest BCUT2D eigenvalue weighted by Crippen LogP contribution is -2.21. The highest BCUT2D eigenvalue weighted by Crippen LogP contribution is 2.32. The Morgan fingerprint density at radius 2 is 2.35 bits per heavy atom. The second-order valence-electron chi connectivity index (χ2n) is 4.31. The summed E-state index contributed by atoms with van der Waals surface area (Å²) in [5, 5.41) is 12.8. The molecule has 0 bridgehead atoms. The number of nitrogen functional groups attached to an aromatic ring is 1. The van der Waals surface area contributed by atoms with E-state index >= 15 is 0 Å². The average molecular weight is 237 g/mol. The average Bonchev–Trinajstić information content (AvgIpc) is 3.14. The van der Waals surface area contributed by atoms with Gasteiger partial charge in [-0.1, -0.05) is 0 Å². The van der Waals surface area contributed by atoms with Gasteiger partial charge in [-0.25, -0.2) is 0 Å². The van der Waals surface area contributed by atoms with Crippen molar-refractivity contribution in [2.45, 2.75) is 25.9 Å². The number of aliphatic hydroxyl groups excluding tert-OH is 1. The van der Waals surface area contributed by atoms with Crippen molar-refractivity contribution in [3.8, 4) is 5.88 Å². The second kappa shape index (κ2) is 5.23. The Morgan fingerprint density at radius 1 is 1.59 bits per heavy atom. The minimum atomic E-state index is -0.287. The van der Waals surface area contributed by atoms with Crippen molar-refractivity contribution < 1.29 is 9.84 Å². The summed E-state index contributed by atoms with van der Waals surface area (Å²) < 4.78 is 5.31. The molecule has 4 N–H and O–H groups in total. The van der Waals surface area contributed by atoms with Gasteiger partial charge in [0, 0.05) is 6.54 Å². The summed E-state index contributed by atoms with van der Waals surface area (Å²) >= 11 is 0. The van der Waals surface area contributed by atoms with Gasteiger partial charge in [-0.3, -0.25) is 0 Å². The standard InChI is InChI=1S/C12H19N3O2/c1-2-17-12-9(13)5-6-11(15-12)14-7-10(16)8-3-4-8/h5-6,8,10,16H,2-4,7,13H2,1H3,(H,14,15). The van der Waals surface area contributed by atoms with Crippen LogP contribution < -0.4 is 15.8 Å². The van der Waals surface area contributed by atoms with Crippen LogP contribution in [-0.2, 0) is 0 Å². The van der Waals surface area contributed by atoms with Gasteiger partial charge in [0.05, 0.1) is 18.4 Å². The van der Waals surface area contributed by atoms with Crippen molar-refractivity contribution in [2.75, 3.05) is 24.2 Å². The number of anilines is 2. The Kier molecular flexibility index (Phi) is 3.68. The molecule has 0 amide bonds. The number of hydrogen-bond donors (Lipinski definition) is 3. The van der Waals surface area contributed by atoms with E-state index in [0.29, 0.717) is 36.5 Å². The third kappa shape index (κ3) is 3.23. The fraction of sp³-hybridized carbons (Fsp3) is 0.583. The third-order valence-corrected chi connectivity index (χ3v) is 2.83. The number of rotatable bonds is 6. The maximum Gasteiger partial charge on any atom is 0.239 e. The fourth-order valence-electron chi connectivity index (χ4n) is 1.66. The molecule has 1 saturated carbocycles. The van der Waals surface area contributed by atoms with Crippen LogP contribution in [0.3, 0.4) is 0 Å². The molecule has 1 atom stereocenters. The molecular formula is C12H19N3O2. The molecular weight excluding hydrogens is 218 g/mol. The summed E-state index contributed by atoms with van der Waals surface area (Å²) in [5.74, 6) is 1.59. The van der Waals surface area contributed by atoms with Crippen LogP contribution in [0.1, 0.15) is 19.8 Å². The zero-order valence-corrected chi connectivity index (χ0v) is 10.0. The van der Waals surface area contributed by atoms with Gasteiger partial charge in [-0.2, -0.15) is 4.98 Å². The van der Waals surface area contributed by atoms with E-state index in [1.54, 1.807) is 12.1 Å². The summed E-state index contributed by atoms with van der Waals surface area (Å²) in [7, 11) is 0. The first-order valence-corrected chi connectivity index (χ1v) is 6.02. The van der Waals surface area contributed by atoms with Crippen molar-refractivity contribution in [2.24, 2.45) is 5.92 Å². The smallest absolute Gasteiger partial charge is 0.239 e. The van der Waals surface area contributed by atoms with Crippen molar-refractivity contribution >= 4 is 11.5 Å². The third-order valence-electron chi connectivity index (χ3n) is 2.83. The lowest BCUT2D eigenvalue weighted by molar-refractivity contribution is 0.164. The summed E-state index contributed by atoms with van der Waals surface area (Å²) in [6.07, 6.45) is 1.97. The van der Waals surface area contributed by atoms with Gasteiger partial charge in [-0.05, 0) is 37.8 Å². The number of hydrogen-bond acceptors (Lipinski definition) is 5. The molecule has 1 fully saturated rings. The Balaban J connectivity index is 1.93. The molecule has 1 aliphatic carbocycles. The number of aromatic nitrogens is 1. The topological polar surface area (TPSA) is 80.4 Å². The van der Waals surface area contributed by atoms with Crippen LogP contribution >= 0.6 is 0 Å². The van der Waals surface area contributed by atoms with E-state index in [4.69, 9.17) is 10.5 Å². The highest BCUT2D eigenvalue weighted by atomic mass is 16.5. The molecule has 94 valence electrons. The van der Waals surface area contributed by atoms with Gasteiger partial charge in [0.15, 0.2) is 0 Å². The number of nitrogens with zero attached hydrogens (tertiary/aromatic N) is 1. The lowest BCUT2D eigenvalue weighted by atomic mass is 10.2. The molecule has 0 aromatic carbocycles. The maximum absolute atomic E-state index is 9.73. The van der Waals surface area contributed by atoms with Crippen LogP contribution in [0.15, 0.2) is 12.1 Å². The highest BCUT2D eigenvalue weighted by Gasteiger charge is 2.29. The van der Waals surface area contributed by atoms with E-state index in [0.717, 1.165) is 12.8 Å². The molecule has 1 unspecified atom stereocenters. The molecule has 0 radical (unpaired) electrons. The molecule has 1 aromatic rings. The first-order valence-electron chi connectivity index (χ1n) is 6.02. The Bertz CT molecular complexity index is 380. The number of aliphatic hydroxyl groups is 1. The molecule has 1 heterocycles. The normalized spacial score (nSPS) is 16.6. The van der Waals surface area contributed by atoms with Gasteiger partial charge >= 0.3 is 0 Å². The molecule has 1 aromatic heterocycles. The molecule has 0 saturated heterocycles. The van der Waals surface area contributed by atoms with Crippen molar-refractivity contribution in [1.82, 2.24) is 4.98 Å². The molecule has 2 rings (SSSR count). The largest absolute Gasteiger partial charge is 0.476 e. The predicted octanol–water partition coefficient (Wildman–Crippen LogP) is 1.25. The molecule has 5 heteroatoms. The van der Waals surface area contributed by atoms with Crippen LogP contribution in [0, 0.1) is 5.92 Å². The number of nitrogens with one attached hydrogen (secondary N) is 1. The predicted molar refractivity (Wildman–Crippen MR) is 67.0 cm³/mol. The van der Waals surface area contributed by atoms with Gasteiger partial charge in [0.2, 0.25) is 5.88 Å². The van der Waals surface area contributed by atoms with E-state index in [1.165, 1.54) is 0 Å².